The molecule has 24 heavy (non-hydrogen) atoms. The predicted molar refractivity (Wildman–Crippen MR) is 90.9 cm³/mol. The van der Waals surface area contributed by atoms with Gasteiger partial charge in [0.2, 0.25) is 0 Å². The van der Waals surface area contributed by atoms with Gasteiger partial charge in [-0.3, -0.25) is 4.79 Å². The SMILES string of the molecule is CCCCCCOc1ccc2c(CCC(=O)O)c(C(=O)O)[nH]c2c1. The Morgan fingerprint density at radius 2 is 1.96 bits per heavy atom. The fraction of sp³-hybridized carbons (Fsp3) is 0.444. The molecule has 6 nitrogen and oxygen atoms in total. The average Bonchev–Trinajstić information content (AvgIpc) is 2.91. The number of aryl methyl sites for hydroxylation is 1. The van der Waals surface area contributed by atoms with Crippen LogP contribution in [0.25, 0.3) is 10.9 Å². The molecule has 0 spiro atoms. The molecule has 0 bridgehead atoms. The smallest absolute Gasteiger partial charge is 0.352 e. The quantitative estimate of drug-likeness (QED) is 0.574. The molecule has 6 heteroatoms. The van der Waals surface area contributed by atoms with Crippen molar-refractivity contribution in [1.29, 1.82) is 0 Å². The molecule has 0 amide bonds. The van der Waals surface area contributed by atoms with Crippen molar-refractivity contribution >= 4 is 22.8 Å². The van der Waals surface area contributed by atoms with E-state index in [2.05, 4.69) is 11.9 Å². The van der Waals surface area contributed by atoms with Crippen LogP contribution in [0, 0.1) is 0 Å². The van der Waals surface area contributed by atoms with E-state index >= 15 is 0 Å². The van der Waals surface area contributed by atoms with Crippen LogP contribution >= 0.6 is 0 Å². The van der Waals surface area contributed by atoms with E-state index < -0.39 is 11.9 Å². The third kappa shape index (κ3) is 4.50. The van der Waals surface area contributed by atoms with Crippen LogP contribution < -0.4 is 4.74 Å². The van der Waals surface area contributed by atoms with E-state index in [0.717, 1.165) is 18.2 Å². The summed E-state index contributed by atoms with van der Waals surface area (Å²) in [6.45, 7) is 2.78. The molecule has 3 N–H and O–H groups in total. The second-order valence-electron chi connectivity index (χ2n) is 5.79. The fourth-order valence-corrected chi connectivity index (χ4v) is 2.72. The van der Waals surface area contributed by atoms with Gasteiger partial charge in [0.1, 0.15) is 11.4 Å². The van der Waals surface area contributed by atoms with E-state index in [1.165, 1.54) is 12.8 Å². The van der Waals surface area contributed by atoms with Crippen molar-refractivity contribution in [3.8, 4) is 5.75 Å². The first-order chi connectivity index (χ1) is 11.5. The molecule has 0 radical (unpaired) electrons. The van der Waals surface area contributed by atoms with Crippen molar-refractivity contribution in [2.45, 2.75) is 45.4 Å². The zero-order valence-corrected chi connectivity index (χ0v) is 13.8. The predicted octanol–water partition coefficient (Wildman–Crippen LogP) is 3.84. The number of aromatic amines is 1. The van der Waals surface area contributed by atoms with Crippen LogP contribution in [0.3, 0.4) is 0 Å². The van der Waals surface area contributed by atoms with Gasteiger partial charge >= 0.3 is 11.9 Å². The molecular formula is C18H23NO5. The van der Waals surface area contributed by atoms with E-state index in [-0.39, 0.29) is 18.5 Å². The lowest BCUT2D eigenvalue weighted by atomic mass is 10.1. The number of carbonyl (C=O) groups is 2. The average molecular weight is 333 g/mol. The Labute approximate surface area is 140 Å². The molecule has 130 valence electrons. The highest BCUT2D eigenvalue weighted by atomic mass is 16.5. The van der Waals surface area contributed by atoms with Gasteiger partial charge in [0, 0.05) is 17.9 Å². The van der Waals surface area contributed by atoms with Gasteiger partial charge < -0.3 is 19.9 Å². The molecule has 0 saturated carbocycles. The summed E-state index contributed by atoms with van der Waals surface area (Å²) in [5.74, 6) is -1.36. The summed E-state index contributed by atoms with van der Waals surface area (Å²) >= 11 is 0. The first-order valence-electron chi connectivity index (χ1n) is 8.25. The Bertz CT molecular complexity index is 720. The molecule has 2 aromatic rings. The molecule has 1 heterocycles. The van der Waals surface area contributed by atoms with E-state index in [9.17, 15) is 14.7 Å². The van der Waals surface area contributed by atoms with Crippen molar-refractivity contribution < 1.29 is 24.5 Å². The maximum atomic E-state index is 11.4. The van der Waals surface area contributed by atoms with E-state index in [1.54, 1.807) is 18.2 Å². The molecule has 0 aliphatic carbocycles. The zero-order chi connectivity index (χ0) is 17.5. The molecule has 0 fully saturated rings. The summed E-state index contributed by atoms with van der Waals surface area (Å²) < 4.78 is 5.71. The highest BCUT2D eigenvalue weighted by Crippen LogP contribution is 2.27. The molecule has 2 rings (SSSR count). The van der Waals surface area contributed by atoms with E-state index in [4.69, 9.17) is 9.84 Å². The minimum absolute atomic E-state index is 0.0475. The largest absolute Gasteiger partial charge is 0.494 e. The first-order valence-corrected chi connectivity index (χ1v) is 8.25. The van der Waals surface area contributed by atoms with Crippen LogP contribution in [-0.4, -0.2) is 33.7 Å². The van der Waals surface area contributed by atoms with Crippen molar-refractivity contribution in [3.05, 3.63) is 29.5 Å². The summed E-state index contributed by atoms with van der Waals surface area (Å²) in [7, 11) is 0. The number of unbranched alkanes of at least 4 members (excludes halogenated alkanes) is 3. The minimum atomic E-state index is -1.09. The maximum absolute atomic E-state index is 11.4. The van der Waals surface area contributed by atoms with Crippen LogP contribution in [0.1, 0.15) is 55.1 Å². The first kappa shape index (κ1) is 17.8. The maximum Gasteiger partial charge on any atom is 0.352 e. The minimum Gasteiger partial charge on any atom is -0.494 e. The highest BCUT2D eigenvalue weighted by molar-refractivity contribution is 5.98. The van der Waals surface area contributed by atoms with Gasteiger partial charge in [-0.05, 0) is 30.5 Å². The molecule has 0 atom stereocenters. The number of fused-ring (bicyclic) bond motifs is 1. The summed E-state index contributed by atoms with van der Waals surface area (Å²) in [4.78, 5) is 25.0. The third-order valence-electron chi connectivity index (χ3n) is 3.95. The zero-order valence-electron chi connectivity index (χ0n) is 13.8. The molecule has 1 aromatic carbocycles. The number of benzene rings is 1. The number of ether oxygens (including phenoxy) is 1. The fourth-order valence-electron chi connectivity index (χ4n) is 2.72. The van der Waals surface area contributed by atoms with Gasteiger partial charge in [0.25, 0.3) is 0 Å². The van der Waals surface area contributed by atoms with Crippen molar-refractivity contribution in [1.82, 2.24) is 4.98 Å². The van der Waals surface area contributed by atoms with E-state index in [1.807, 2.05) is 0 Å². The number of aliphatic carboxylic acids is 1. The lowest BCUT2D eigenvalue weighted by molar-refractivity contribution is -0.136. The normalized spacial score (nSPS) is 10.9. The van der Waals surface area contributed by atoms with Crippen LogP contribution in [0.15, 0.2) is 18.2 Å². The van der Waals surface area contributed by atoms with Crippen molar-refractivity contribution in [2.24, 2.45) is 0 Å². The number of hydrogen-bond acceptors (Lipinski definition) is 3. The molecule has 0 aliphatic rings. The number of carboxylic acid groups (broad SMARTS) is 2. The number of aromatic carboxylic acids is 1. The summed E-state index contributed by atoms with van der Waals surface area (Å²) in [5.41, 5.74) is 1.22. The molecular weight excluding hydrogens is 310 g/mol. The summed E-state index contributed by atoms with van der Waals surface area (Å²) in [6, 6.07) is 5.36. The van der Waals surface area contributed by atoms with Crippen LogP contribution in [0.5, 0.6) is 5.75 Å². The van der Waals surface area contributed by atoms with Gasteiger partial charge in [-0.25, -0.2) is 4.79 Å². The number of rotatable bonds is 10. The van der Waals surface area contributed by atoms with Crippen LogP contribution in [0.2, 0.25) is 0 Å². The molecule has 0 aliphatic heterocycles. The number of carboxylic acids is 2. The summed E-state index contributed by atoms with van der Waals surface area (Å²) in [5, 5.41) is 18.9. The summed E-state index contributed by atoms with van der Waals surface area (Å²) in [6.07, 6.45) is 4.54. The molecule has 1 aromatic heterocycles. The topological polar surface area (TPSA) is 99.6 Å². The number of nitrogens with one attached hydrogen (secondary N) is 1. The van der Waals surface area contributed by atoms with Crippen LogP contribution in [-0.2, 0) is 11.2 Å². The standard InChI is InChI=1S/C18H23NO5/c1-2-3-4-5-10-24-12-6-7-13-14(8-9-16(20)21)17(18(22)23)19-15(13)11-12/h6-7,11,19H,2-5,8-10H2,1H3,(H,20,21)(H,22,23). The van der Waals surface area contributed by atoms with Crippen LogP contribution in [0.4, 0.5) is 0 Å². The lowest BCUT2D eigenvalue weighted by Gasteiger charge is -2.06. The Morgan fingerprint density at radius 1 is 1.17 bits per heavy atom. The van der Waals surface area contributed by atoms with Gasteiger partial charge in [-0.15, -0.1) is 0 Å². The van der Waals surface area contributed by atoms with Gasteiger partial charge in [-0.2, -0.15) is 0 Å². The molecule has 0 saturated heterocycles. The lowest BCUT2D eigenvalue weighted by Crippen LogP contribution is -2.04. The monoisotopic (exact) mass is 333 g/mol. The van der Waals surface area contributed by atoms with Gasteiger partial charge in [-0.1, -0.05) is 26.2 Å². The Kier molecular flexibility index (Phi) is 6.23. The Morgan fingerprint density at radius 3 is 2.62 bits per heavy atom. The van der Waals surface area contributed by atoms with Crippen molar-refractivity contribution in [3.63, 3.8) is 0 Å². The number of H-pyrrole nitrogens is 1. The second-order valence-corrected chi connectivity index (χ2v) is 5.79. The number of aromatic nitrogens is 1. The van der Waals surface area contributed by atoms with E-state index in [0.29, 0.717) is 23.4 Å². The Balaban J connectivity index is 2.16. The molecule has 0 unspecified atom stereocenters. The van der Waals surface area contributed by atoms with Gasteiger partial charge in [0.05, 0.1) is 12.1 Å². The second kappa shape index (κ2) is 8.38. The third-order valence-corrected chi connectivity index (χ3v) is 3.95. The number of hydrogen-bond donors (Lipinski definition) is 3. The van der Waals surface area contributed by atoms with Gasteiger partial charge in [0.15, 0.2) is 0 Å². The Hall–Kier alpha value is -2.50. The highest BCUT2D eigenvalue weighted by Gasteiger charge is 2.18. The van der Waals surface area contributed by atoms with Crippen molar-refractivity contribution in [2.75, 3.05) is 6.61 Å².